The molecule has 2 saturated heterocycles. The molecule has 1 aromatic heterocycles. The normalized spacial score (nSPS) is 27.0. The van der Waals surface area contributed by atoms with Crippen molar-refractivity contribution in [1.82, 2.24) is 9.88 Å². The van der Waals surface area contributed by atoms with Crippen molar-refractivity contribution in [1.29, 1.82) is 0 Å². The maximum absolute atomic E-state index is 12.7. The van der Waals surface area contributed by atoms with Gasteiger partial charge in [0.15, 0.2) is 0 Å². The van der Waals surface area contributed by atoms with Crippen molar-refractivity contribution >= 4 is 5.91 Å². The number of amides is 1. The van der Waals surface area contributed by atoms with Gasteiger partial charge in [-0.05, 0) is 37.3 Å². The Kier molecular flexibility index (Phi) is 4.51. The number of rotatable bonds is 3. The highest BCUT2D eigenvalue weighted by Crippen LogP contribution is 2.26. The molecule has 0 unspecified atom stereocenters. The summed E-state index contributed by atoms with van der Waals surface area (Å²) < 4.78 is 5.33. The minimum atomic E-state index is -0.436. The number of carbonyl (C=O) groups excluding carboxylic acids is 1. The first-order chi connectivity index (χ1) is 10.3. The molecule has 3 rings (SSSR count). The van der Waals surface area contributed by atoms with Gasteiger partial charge in [0.25, 0.3) is 0 Å². The maximum atomic E-state index is 12.7. The molecule has 2 atom stereocenters. The fraction of sp³-hybridized carbons (Fsp3) is 0.625. The van der Waals surface area contributed by atoms with E-state index in [-0.39, 0.29) is 17.9 Å². The predicted molar refractivity (Wildman–Crippen MR) is 77.6 cm³/mol. The summed E-state index contributed by atoms with van der Waals surface area (Å²) >= 11 is 0. The van der Waals surface area contributed by atoms with Gasteiger partial charge in [-0.15, -0.1) is 0 Å². The molecule has 0 spiro atoms. The standard InChI is InChI=1S/C16H22N2O3/c19-15-3-7-18(16(20)13-4-8-21-9-5-13)14(15)10-12-2-1-6-17-11-12/h1-2,6,11,13-15,19H,3-5,7-10H2/t14-,15-/m1/s1. The fourth-order valence-electron chi connectivity index (χ4n) is 3.30. The summed E-state index contributed by atoms with van der Waals surface area (Å²) in [6.45, 7) is 1.99. The number of aromatic nitrogens is 1. The summed E-state index contributed by atoms with van der Waals surface area (Å²) in [7, 11) is 0. The molecule has 0 saturated carbocycles. The highest BCUT2D eigenvalue weighted by molar-refractivity contribution is 5.79. The number of ether oxygens (including phenoxy) is 1. The van der Waals surface area contributed by atoms with E-state index in [1.165, 1.54) is 0 Å². The molecular formula is C16H22N2O3. The van der Waals surface area contributed by atoms with E-state index in [1.807, 2.05) is 23.2 Å². The lowest BCUT2D eigenvalue weighted by atomic mass is 9.97. The molecule has 1 N–H and O–H groups in total. The molecule has 21 heavy (non-hydrogen) atoms. The molecule has 0 aliphatic carbocycles. The second kappa shape index (κ2) is 6.54. The molecule has 0 bridgehead atoms. The van der Waals surface area contributed by atoms with Crippen LogP contribution < -0.4 is 0 Å². The molecule has 0 radical (unpaired) electrons. The van der Waals surface area contributed by atoms with E-state index in [0.29, 0.717) is 32.6 Å². The minimum absolute atomic E-state index is 0.0560. The number of pyridine rings is 1. The van der Waals surface area contributed by atoms with Crippen LogP contribution in [0.3, 0.4) is 0 Å². The molecule has 2 aliphatic rings. The molecule has 0 aromatic carbocycles. The number of likely N-dealkylation sites (tertiary alicyclic amines) is 1. The summed E-state index contributed by atoms with van der Waals surface area (Å²) in [5.41, 5.74) is 1.06. The SMILES string of the molecule is O=C(C1CCOCC1)N1CC[C@@H](O)[C@H]1Cc1cccnc1. The molecule has 1 amide bonds. The lowest BCUT2D eigenvalue weighted by Gasteiger charge is -2.31. The van der Waals surface area contributed by atoms with Crippen LogP contribution >= 0.6 is 0 Å². The zero-order valence-corrected chi connectivity index (χ0v) is 12.1. The van der Waals surface area contributed by atoms with E-state index in [1.54, 1.807) is 6.20 Å². The largest absolute Gasteiger partial charge is 0.391 e. The van der Waals surface area contributed by atoms with E-state index in [4.69, 9.17) is 4.74 Å². The lowest BCUT2D eigenvalue weighted by Crippen LogP contribution is -2.45. The van der Waals surface area contributed by atoms with Gasteiger partial charge in [0.05, 0.1) is 12.1 Å². The molecule has 5 heteroatoms. The second-order valence-corrected chi connectivity index (χ2v) is 5.91. The number of hydrogen-bond donors (Lipinski definition) is 1. The van der Waals surface area contributed by atoms with Crippen molar-refractivity contribution in [3.63, 3.8) is 0 Å². The van der Waals surface area contributed by atoms with Crippen LogP contribution in [0.4, 0.5) is 0 Å². The third kappa shape index (κ3) is 3.24. The Balaban J connectivity index is 1.69. The van der Waals surface area contributed by atoms with Crippen molar-refractivity contribution < 1.29 is 14.6 Å². The number of carbonyl (C=O) groups is 1. The number of hydrogen-bond acceptors (Lipinski definition) is 4. The van der Waals surface area contributed by atoms with Crippen LogP contribution in [0.5, 0.6) is 0 Å². The highest BCUT2D eigenvalue weighted by atomic mass is 16.5. The van der Waals surface area contributed by atoms with Gasteiger partial charge in [0, 0.05) is 38.1 Å². The first-order valence-electron chi connectivity index (χ1n) is 7.71. The zero-order valence-electron chi connectivity index (χ0n) is 12.1. The van der Waals surface area contributed by atoms with E-state index in [0.717, 1.165) is 18.4 Å². The first kappa shape index (κ1) is 14.5. The minimum Gasteiger partial charge on any atom is -0.391 e. The van der Waals surface area contributed by atoms with Crippen molar-refractivity contribution in [2.24, 2.45) is 5.92 Å². The van der Waals surface area contributed by atoms with Gasteiger partial charge in [-0.1, -0.05) is 6.07 Å². The summed E-state index contributed by atoms with van der Waals surface area (Å²) in [6, 6.07) is 3.76. The first-order valence-corrected chi connectivity index (χ1v) is 7.71. The quantitative estimate of drug-likeness (QED) is 0.902. The van der Waals surface area contributed by atoms with Crippen molar-refractivity contribution in [2.75, 3.05) is 19.8 Å². The number of aliphatic hydroxyl groups is 1. The molecule has 3 heterocycles. The molecule has 2 aliphatic heterocycles. The van der Waals surface area contributed by atoms with Crippen LogP contribution in [-0.4, -0.2) is 52.8 Å². The van der Waals surface area contributed by atoms with E-state index >= 15 is 0 Å². The Bertz CT molecular complexity index is 474. The van der Waals surface area contributed by atoms with Crippen LogP contribution in [0.15, 0.2) is 24.5 Å². The van der Waals surface area contributed by atoms with Gasteiger partial charge in [-0.25, -0.2) is 0 Å². The predicted octanol–water partition coefficient (Wildman–Crippen LogP) is 1.01. The topological polar surface area (TPSA) is 62.7 Å². The maximum Gasteiger partial charge on any atom is 0.226 e. The Morgan fingerprint density at radius 3 is 2.90 bits per heavy atom. The van der Waals surface area contributed by atoms with E-state index in [9.17, 15) is 9.90 Å². The molecule has 1 aromatic rings. The van der Waals surface area contributed by atoms with Gasteiger partial charge in [-0.2, -0.15) is 0 Å². The Labute approximate surface area is 124 Å². The molecule has 114 valence electrons. The fourth-order valence-corrected chi connectivity index (χ4v) is 3.30. The van der Waals surface area contributed by atoms with E-state index < -0.39 is 6.10 Å². The van der Waals surface area contributed by atoms with Gasteiger partial charge in [0.1, 0.15) is 0 Å². The van der Waals surface area contributed by atoms with Crippen molar-refractivity contribution in [2.45, 2.75) is 37.8 Å². The summed E-state index contributed by atoms with van der Waals surface area (Å²) in [6.07, 6.45) is 6.04. The van der Waals surface area contributed by atoms with Crippen LogP contribution in [0.1, 0.15) is 24.8 Å². The summed E-state index contributed by atoms with van der Waals surface area (Å²) in [4.78, 5) is 18.7. The smallest absolute Gasteiger partial charge is 0.226 e. The van der Waals surface area contributed by atoms with Crippen molar-refractivity contribution in [3.05, 3.63) is 30.1 Å². The van der Waals surface area contributed by atoms with Crippen LogP contribution in [0.25, 0.3) is 0 Å². The average Bonchev–Trinajstić information content (AvgIpc) is 2.90. The third-order valence-electron chi connectivity index (χ3n) is 4.53. The summed E-state index contributed by atoms with van der Waals surface area (Å²) in [5, 5.41) is 10.2. The number of nitrogens with zero attached hydrogens (tertiary/aromatic N) is 2. The Morgan fingerprint density at radius 1 is 1.38 bits per heavy atom. The van der Waals surface area contributed by atoms with Crippen LogP contribution in [-0.2, 0) is 16.0 Å². The van der Waals surface area contributed by atoms with Gasteiger partial charge in [-0.3, -0.25) is 9.78 Å². The Hall–Kier alpha value is -1.46. The van der Waals surface area contributed by atoms with Gasteiger partial charge >= 0.3 is 0 Å². The van der Waals surface area contributed by atoms with Crippen LogP contribution in [0, 0.1) is 5.92 Å². The highest BCUT2D eigenvalue weighted by Gasteiger charge is 2.38. The zero-order chi connectivity index (χ0) is 14.7. The molecule has 2 fully saturated rings. The Morgan fingerprint density at radius 2 is 2.19 bits per heavy atom. The summed E-state index contributed by atoms with van der Waals surface area (Å²) in [5.74, 6) is 0.240. The molecular weight excluding hydrogens is 268 g/mol. The van der Waals surface area contributed by atoms with E-state index in [2.05, 4.69) is 4.98 Å². The number of aliphatic hydroxyl groups excluding tert-OH is 1. The lowest BCUT2D eigenvalue weighted by molar-refractivity contribution is -0.140. The monoisotopic (exact) mass is 290 g/mol. The van der Waals surface area contributed by atoms with Crippen LogP contribution in [0.2, 0.25) is 0 Å². The van der Waals surface area contributed by atoms with Crippen molar-refractivity contribution in [3.8, 4) is 0 Å². The molecule has 5 nitrogen and oxygen atoms in total. The second-order valence-electron chi connectivity index (χ2n) is 5.91. The van der Waals surface area contributed by atoms with Gasteiger partial charge in [0.2, 0.25) is 5.91 Å². The average molecular weight is 290 g/mol. The third-order valence-corrected chi connectivity index (χ3v) is 4.53. The van der Waals surface area contributed by atoms with Gasteiger partial charge < -0.3 is 14.7 Å².